The van der Waals surface area contributed by atoms with Crippen LogP contribution in [0, 0.1) is 18.3 Å². The minimum Gasteiger partial charge on any atom is -0.349 e. The third kappa shape index (κ3) is 5.17. The van der Waals surface area contributed by atoms with Crippen LogP contribution in [0.1, 0.15) is 50.4 Å². The highest BCUT2D eigenvalue weighted by atomic mass is 35.5. The molecule has 0 saturated carbocycles. The average molecular weight is 471 g/mol. The zero-order valence-electron chi connectivity index (χ0n) is 19.2. The summed E-state index contributed by atoms with van der Waals surface area (Å²) in [7, 11) is 2.02. The summed E-state index contributed by atoms with van der Waals surface area (Å²) in [5.41, 5.74) is 5.07. The van der Waals surface area contributed by atoms with Crippen LogP contribution < -0.4 is 5.32 Å². The van der Waals surface area contributed by atoms with Gasteiger partial charge in [-0.1, -0.05) is 37.0 Å². The van der Waals surface area contributed by atoms with Gasteiger partial charge in [-0.2, -0.15) is 5.26 Å². The van der Waals surface area contributed by atoms with Gasteiger partial charge in [0.25, 0.3) is 0 Å². The molecule has 0 unspecified atom stereocenters. The molecule has 1 N–H and O–H groups in total. The van der Waals surface area contributed by atoms with Crippen LogP contribution in [0.3, 0.4) is 0 Å². The topological polar surface area (TPSA) is 69.8 Å². The largest absolute Gasteiger partial charge is 0.349 e. The molecule has 0 radical (unpaired) electrons. The lowest BCUT2D eigenvalue weighted by Gasteiger charge is -2.31. The van der Waals surface area contributed by atoms with E-state index in [1.54, 1.807) is 12.1 Å². The number of nitrogens with zero attached hydrogens (tertiary/aromatic N) is 5. The van der Waals surface area contributed by atoms with Gasteiger partial charge in [0.05, 0.1) is 24.4 Å². The van der Waals surface area contributed by atoms with Crippen molar-refractivity contribution in [3.05, 3.63) is 63.4 Å². The van der Waals surface area contributed by atoms with E-state index in [0.717, 1.165) is 11.3 Å². The van der Waals surface area contributed by atoms with Crippen molar-refractivity contribution in [2.75, 3.05) is 5.32 Å². The molecule has 32 heavy (non-hydrogen) atoms. The van der Waals surface area contributed by atoms with Gasteiger partial charge >= 0.3 is 0 Å². The Morgan fingerprint density at radius 1 is 1.19 bits per heavy atom. The summed E-state index contributed by atoms with van der Waals surface area (Å²) in [5.74, 6) is 0.998. The molecule has 0 fully saturated rings. The van der Waals surface area contributed by atoms with Crippen LogP contribution in [0.5, 0.6) is 0 Å². The number of anilines is 1. The number of aryl methyl sites for hydroxylation is 2. The maximum atomic E-state index is 9.44. The van der Waals surface area contributed by atoms with E-state index >= 15 is 0 Å². The molecular weight excluding hydrogens is 443 g/mol. The zero-order chi connectivity index (χ0) is 23.6. The zero-order valence-corrected chi connectivity index (χ0v) is 20.8. The standard InChI is InChI=1S/C24H28Cl2N6/c1-14(2)19-9-18(29-24-23(19)16(5)12-31(24)6)13-32(15(3)4)22(7-8-27)28-17-10-20(25)30-21(26)11-17/h7,9-12,14-15H,13H2,1-6H3,(H,28,30)/b22-7+. The van der Waals surface area contributed by atoms with Gasteiger partial charge in [-0.05, 0) is 56.0 Å². The lowest BCUT2D eigenvalue weighted by Crippen LogP contribution is -2.33. The normalized spacial score (nSPS) is 12.0. The first kappa shape index (κ1) is 23.9. The Bertz CT molecular complexity index is 1180. The second kappa shape index (κ2) is 9.81. The molecular formula is C24H28Cl2N6. The van der Waals surface area contributed by atoms with Gasteiger partial charge in [-0.15, -0.1) is 0 Å². The lowest BCUT2D eigenvalue weighted by atomic mass is 9.98. The molecule has 3 aromatic rings. The van der Waals surface area contributed by atoms with Crippen LogP contribution in [-0.4, -0.2) is 25.5 Å². The fourth-order valence-electron chi connectivity index (χ4n) is 3.87. The van der Waals surface area contributed by atoms with Gasteiger partial charge < -0.3 is 14.8 Å². The van der Waals surface area contributed by atoms with Crippen molar-refractivity contribution in [2.24, 2.45) is 7.05 Å². The SMILES string of the molecule is Cc1cn(C)c2nc(CN(/C(=C/C#N)Nc3cc(Cl)nc(Cl)c3)C(C)C)cc(C(C)C)c12. The Labute approximate surface area is 199 Å². The number of allylic oxidation sites excluding steroid dienone is 1. The maximum absolute atomic E-state index is 9.44. The Morgan fingerprint density at radius 3 is 2.41 bits per heavy atom. The fraction of sp³-hybridized carbons (Fsp3) is 0.375. The number of hydrogen-bond donors (Lipinski definition) is 1. The summed E-state index contributed by atoms with van der Waals surface area (Å²) in [6.07, 6.45) is 3.60. The highest BCUT2D eigenvalue weighted by Crippen LogP contribution is 2.30. The summed E-state index contributed by atoms with van der Waals surface area (Å²) in [4.78, 5) is 11.0. The Balaban J connectivity index is 2.03. The molecule has 0 spiro atoms. The number of halogens is 2. The molecule has 8 heteroatoms. The second-order valence-corrected chi connectivity index (χ2v) is 9.26. The molecule has 0 aromatic carbocycles. The summed E-state index contributed by atoms with van der Waals surface area (Å²) < 4.78 is 2.07. The predicted molar refractivity (Wildman–Crippen MR) is 132 cm³/mol. The number of hydrogen-bond acceptors (Lipinski definition) is 5. The van der Waals surface area contributed by atoms with Gasteiger partial charge in [0.15, 0.2) is 0 Å². The molecule has 6 nitrogen and oxygen atoms in total. The molecule has 3 rings (SSSR count). The Morgan fingerprint density at radius 2 is 1.84 bits per heavy atom. The van der Waals surface area contributed by atoms with Gasteiger partial charge in [0, 0.05) is 30.4 Å². The van der Waals surface area contributed by atoms with E-state index in [-0.39, 0.29) is 16.3 Å². The molecule has 0 atom stereocenters. The van der Waals surface area contributed by atoms with E-state index < -0.39 is 0 Å². The molecule has 0 bridgehead atoms. The quantitative estimate of drug-likeness (QED) is 0.319. The monoisotopic (exact) mass is 470 g/mol. The van der Waals surface area contributed by atoms with Crippen molar-refractivity contribution in [1.82, 2.24) is 19.4 Å². The van der Waals surface area contributed by atoms with Gasteiger partial charge in [-0.3, -0.25) is 0 Å². The molecule has 0 amide bonds. The predicted octanol–water partition coefficient (Wildman–Crippen LogP) is 6.39. The second-order valence-electron chi connectivity index (χ2n) is 8.49. The van der Waals surface area contributed by atoms with E-state index in [1.165, 1.54) is 22.6 Å². The third-order valence-corrected chi connectivity index (χ3v) is 5.71. The number of rotatable bonds is 7. The number of fused-ring (bicyclic) bond motifs is 1. The number of nitrogens with one attached hydrogen (secondary N) is 1. The number of nitriles is 1. The maximum Gasteiger partial charge on any atom is 0.140 e. The smallest absolute Gasteiger partial charge is 0.140 e. The van der Waals surface area contributed by atoms with Crippen LogP contribution >= 0.6 is 23.2 Å². The molecule has 0 saturated heterocycles. The lowest BCUT2D eigenvalue weighted by molar-refractivity contribution is 0.276. The van der Waals surface area contributed by atoms with E-state index in [4.69, 9.17) is 28.2 Å². The van der Waals surface area contributed by atoms with Crippen molar-refractivity contribution in [3.8, 4) is 6.07 Å². The highest BCUT2D eigenvalue weighted by Gasteiger charge is 2.19. The van der Waals surface area contributed by atoms with Crippen molar-refractivity contribution in [2.45, 2.75) is 53.1 Å². The van der Waals surface area contributed by atoms with E-state index in [1.807, 2.05) is 7.05 Å². The van der Waals surface area contributed by atoms with Crippen LogP contribution in [0.25, 0.3) is 11.0 Å². The van der Waals surface area contributed by atoms with E-state index in [0.29, 0.717) is 24.0 Å². The van der Waals surface area contributed by atoms with Crippen LogP contribution in [0.4, 0.5) is 5.69 Å². The molecule has 168 valence electrons. The first-order valence-corrected chi connectivity index (χ1v) is 11.3. The van der Waals surface area contributed by atoms with Gasteiger partial charge in [0.1, 0.15) is 21.8 Å². The van der Waals surface area contributed by atoms with Crippen molar-refractivity contribution >= 4 is 39.9 Å². The van der Waals surface area contributed by atoms with E-state index in [9.17, 15) is 5.26 Å². The highest BCUT2D eigenvalue weighted by molar-refractivity contribution is 6.32. The van der Waals surface area contributed by atoms with Gasteiger partial charge in [0.2, 0.25) is 0 Å². The summed E-state index contributed by atoms with van der Waals surface area (Å²) in [5, 5.41) is 14.5. The molecule has 0 aliphatic heterocycles. The summed E-state index contributed by atoms with van der Waals surface area (Å²) in [6.45, 7) is 11.2. The minimum absolute atomic E-state index is 0.102. The number of pyridine rings is 2. The average Bonchev–Trinajstić information content (AvgIpc) is 2.98. The summed E-state index contributed by atoms with van der Waals surface area (Å²) in [6, 6.07) is 7.76. The Kier molecular flexibility index (Phi) is 7.33. The van der Waals surface area contributed by atoms with Crippen LogP contribution in [0.15, 0.2) is 36.3 Å². The third-order valence-electron chi connectivity index (χ3n) is 5.32. The molecule has 0 aliphatic rings. The van der Waals surface area contributed by atoms with Crippen LogP contribution in [-0.2, 0) is 13.6 Å². The first-order valence-electron chi connectivity index (χ1n) is 10.5. The molecule has 0 aliphatic carbocycles. The fourth-order valence-corrected chi connectivity index (χ4v) is 4.33. The molecule has 3 heterocycles. The van der Waals surface area contributed by atoms with E-state index in [2.05, 4.69) is 72.7 Å². The molecule has 3 aromatic heterocycles. The van der Waals surface area contributed by atoms with Crippen LogP contribution in [0.2, 0.25) is 10.3 Å². The summed E-state index contributed by atoms with van der Waals surface area (Å²) >= 11 is 12.1. The first-order chi connectivity index (χ1) is 15.1. The van der Waals surface area contributed by atoms with Gasteiger partial charge in [-0.25, -0.2) is 9.97 Å². The van der Waals surface area contributed by atoms with Crippen molar-refractivity contribution < 1.29 is 0 Å². The van der Waals surface area contributed by atoms with Crippen molar-refractivity contribution in [3.63, 3.8) is 0 Å². The number of aromatic nitrogens is 3. The Hall–Kier alpha value is -2.75. The van der Waals surface area contributed by atoms with Crippen molar-refractivity contribution in [1.29, 1.82) is 5.26 Å². The minimum atomic E-state index is 0.102.